The van der Waals surface area contributed by atoms with Crippen LogP contribution in [0.1, 0.15) is 38.5 Å². The summed E-state index contributed by atoms with van der Waals surface area (Å²) in [6.07, 6.45) is 8.02. The number of hydrogen-bond acceptors (Lipinski definition) is 3. The molecule has 18 heavy (non-hydrogen) atoms. The van der Waals surface area contributed by atoms with E-state index in [4.69, 9.17) is 15.2 Å². The van der Waals surface area contributed by atoms with Crippen molar-refractivity contribution in [2.75, 3.05) is 19.5 Å². The summed E-state index contributed by atoms with van der Waals surface area (Å²) >= 11 is 0. The van der Waals surface area contributed by atoms with Crippen LogP contribution in [0.15, 0.2) is 18.2 Å². The molecule has 3 heteroatoms. The molecule has 2 rings (SSSR count). The minimum Gasteiger partial charge on any atom is -0.497 e. The first-order chi connectivity index (χ1) is 8.78. The zero-order valence-electron chi connectivity index (χ0n) is 11.2. The summed E-state index contributed by atoms with van der Waals surface area (Å²) in [6, 6.07) is 5.56. The van der Waals surface area contributed by atoms with Gasteiger partial charge in [0.25, 0.3) is 0 Å². The molecule has 1 aromatic carbocycles. The highest BCUT2D eigenvalue weighted by atomic mass is 16.5. The molecule has 0 radical (unpaired) electrons. The number of rotatable bonds is 4. The second-order valence-corrected chi connectivity index (χ2v) is 5.11. The van der Waals surface area contributed by atoms with Crippen molar-refractivity contribution < 1.29 is 9.47 Å². The molecule has 1 aliphatic carbocycles. The van der Waals surface area contributed by atoms with E-state index in [1.54, 1.807) is 13.2 Å². The van der Waals surface area contributed by atoms with E-state index >= 15 is 0 Å². The molecular weight excluding hydrogens is 226 g/mol. The first-order valence-electron chi connectivity index (χ1n) is 6.85. The Labute approximate surface area is 109 Å². The van der Waals surface area contributed by atoms with Crippen LogP contribution in [0.4, 0.5) is 5.69 Å². The number of hydrogen-bond donors (Lipinski definition) is 1. The van der Waals surface area contributed by atoms with Gasteiger partial charge in [0.2, 0.25) is 0 Å². The summed E-state index contributed by atoms with van der Waals surface area (Å²) in [5.74, 6) is 2.27. The van der Waals surface area contributed by atoms with Crippen molar-refractivity contribution in [1.82, 2.24) is 0 Å². The number of ether oxygens (including phenoxy) is 2. The van der Waals surface area contributed by atoms with Gasteiger partial charge in [-0.3, -0.25) is 0 Å². The third-order valence-corrected chi connectivity index (χ3v) is 3.60. The van der Waals surface area contributed by atoms with Crippen LogP contribution in [0.25, 0.3) is 0 Å². The maximum absolute atomic E-state index is 5.86. The zero-order valence-corrected chi connectivity index (χ0v) is 11.2. The van der Waals surface area contributed by atoms with Gasteiger partial charge in [0, 0.05) is 23.9 Å². The largest absolute Gasteiger partial charge is 0.497 e. The Morgan fingerprint density at radius 2 is 1.72 bits per heavy atom. The fourth-order valence-electron chi connectivity index (χ4n) is 2.54. The molecule has 1 aromatic rings. The first kappa shape index (κ1) is 13.1. The quantitative estimate of drug-likeness (QED) is 0.654. The minimum atomic E-state index is 0.685. The molecule has 0 aliphatic heterocycles. The van der Waals surface area contributed by atoms with Gasteiger partial charge in [-0.2, -0.15) is 0 Å². The fourth-order valence-corrected chi connectivity index (χ4v) is 2.54. The van der Waals surface area contributed by atoms with E-state index < -0.39 is 0 Å². The molecule has 0 unspecified atom stereocenters. The van der Waals surface area contributed by atoms with Gasteiger partial charge in [-0.05, 0) is 18.8 Å². The molecule has 0 amide bonds. The molecule has 0 atom stereocenters. The topological polar surface area (TPSA) is 44.5 Å². The van der Waals surface area contributed by atoms with Gasteiger partial charge in [0.15, 0.2) is 0 Å². The van der Waals surface area contributed by atoms with Crippen molar-refractivity contribution in [2.24, 2.45) is 5.92 Å². The van der Waals surface area contributed by atoms with E-state index in [0.29, 0.717) is 11.6 Å². The minimum absolute atomic E-state index is 0.685. The lowest BCUT2D eigenvalue weighted by Gasteiger charge is -2.16. The van der Waals surface area contributed by atoms with Crippen LogP contribution in [0.5, 0.6) is 11.5 Å². The number of benzene rings is 1. The van der Waals surface area contributed by atoms with Crippen molar-refractivity contribution in [3.05, 3.63) is 18.2 Å². The number of nitrogens with two attached hydrogens (primary N) is 1. The van der Waals surface area contributed by atoms with Crippen LogP contribution in [-0.2, 0) is 0 Å². The van der Waals surface area contributed by atoms with Crippen LogP contribution >= 0.6 is 0 Å². The second kappa shape index (κ2) is 6.53. The maximum Gasteiger partial charge on any atom is 0.125 e. The number of anilines is 1. The molecule has 1 aliphatic rings. The highest BCUT2D eigenvalue weighted by Crippen LogP contribution is 2.27. The Bertz CT molecular complexity index is 371. The molecule has 3 nitrogen and oxygen atoms in total. The summed E-state index contributed by atoms with van der Waals surface area (Å²) in [6.45, 7) is 0.798. The van der Waals surface area contributed by atoms with Crippen molar-refractivity contribution in [3.63, 3.8) is 0 Å². The van der Waals surface area contributed by atoms with Gasteiger partial charge in [-0.25, -0.2) is 0 Å². The standard InChI is InChI=1S/C15H23NO2/c1-17-14-8-13(16)9-15(10-14)18-11-12-6-4-2-3-5-7-12/h8-10,12H,2-7,11,16H2,1H3. The normalized spacial score (nSPS) is 17.2. The average Bonchev–Trinajstić information content (AvgIpc) is 2.64. The van der Waals surface area contributed by atoms with Gasteiger partial charge in [0.1, 0.15) is 11.5 Å². The lowest BCUT2D eigenvalue weighted by atomic mass is 10.0. The van der Waals surface area contributed by atoms with Gasteiger partial charge >= 0.3 is 0 Å². The van der Waals surface area contributed by atoms with Crippen molar-refractivity contribution in [1.29, 1.82) is 0 Å². The molecule has 2 N–H and O–H groups in total. The molecular formula is C15H23NO2. The number of nitrogen functional groups attached to an aromatic ring is 1. The summed E-state index contributed by atoms with van der Waals surface area (Å²) < 4.78 is 11.1. The monoisotopic (exact) mass is 249 g/mol. The predicted molar refractivity (Wildman–Crippen MR) is 74.1 cm³/mol. The van der Waals surface area contributed by atoms with Gasteiger partial charge in [-0.15, -0.1) is 0 Å². The smallest absolute Gasteiger partial charge is 0.125 e. The Morgan fingerprint density at radius 1 is 1.06 bits per heavy atom. The van der Waals surface area contributed by atoms with Gasteiger partial charge < -0.3 is 15.2 Å². The average molecular weight is 249 g/mol. The molecule has 0 spiro atoms. The lowest BCUT2D eigenvalue weighted by Crippen LogP contribution is -2.11. The summed E-state index contributed by atoms with van der Waals surface area (Å²) in [4.78, 5) is 0. The van der Waals surface area contributed by atoms with Crippen LogP contribution in [-0.4, -0.2) is 13.7 Å². The lowest BCUT2D eigenvalue weighted by molar-refractivity contribution is 0.233. The molecule has 100 valence electrons. The van der Waals surface area contributed by atoms with Crippen LogP contribution in [0.2, 0.25) is 0 Å². The molecule has 0 aromatic heterocycles. The summed E-state index contributed by atoms with van der Waals surface area (Å²) in [5, 5.41) is 0. The van der Waals surface area contributed by atoms with E-state index in [1.165, 1.54) is 38.5 Å². The maximum atomic E-state index is 5.86. The highest BCUT2D eigenvalue weighted by Gasteiger charge is 2.13. The van der Waals surface area contributed by atoms with Gasteiger partial charge in [-0.1, -0.05) is 25.7 Å². The van der Waals surface area contributed by atoms with E-state index in [0.717, 1.165) is 18.1 Å². The van der Waals surface area contributed by atoms with E-state index in [1.807, 2.05) is 12.1 Å². The van der Waals surface area contributed by atoms with Crippen molar-refractivity contribution >= 4 is 5.69 Å². The zero-order chi connectivity index (χ0) is 12.8. The first-order valence-corrected chi connectivity index (χ1v) is 6.85. The number of methoxy groups -OCH3 is 1. The molecule has 0 heterocycles. The molecule has 0 saturated heterocycles. The van der Waals surface area contributed by atoms with Gasteiger partial charge in [0.05, 0.1) is 13.7 Å². The van der Waals surface area contributed by atoms with Crippen LogP contribution in [0, 0.1) is 5.92 Å². The fraction of sp³-hybridized carbons (Fsp3) is 0.600. The molecule has 1 fully saturated rings. The highest BCUT2D eigenvalue weighted by molar-refractivity contribution is 5.50. The Balaban J connectivity index is 1.90. The van der Waals surface area contributed by atoms with Crippen LogP contribution < -0.4 is 15.2 Å². The third-order valence-electron chi connectivity index (χ3n) is 3.60. The van der Waals surface area contributed by atoms with E-state index in [2.05, 4.69) is 0 Å². The summed E-state index contributed by atoms with van der Waals surface area (Å²) in [7, 11) is 1.64. The van der Waals surface area contributed by atoms with Crippen LogP contribution in [0.3, 0.4) is 0 Å². The SMILES string of the molecule is COc1cc(N)cc(OCC2CCCCCC2)c1. The Morgan fingerprint density at radius 3 is 2.39 bits per heavy atom. The Kier molecular flexibility index (Phi) is 4.73. The van der Waals surface area contributed by atoms with Crippen molar-refractivity contribution in [2.45, 2.75) is 38.5 Å². The molecule has 1 saturated carbocycles. The second-order valence-electron chi connectivity index (χ2n) is 5.11. The van der Waals surface area contributed by atoms with Crippen molar-refractivity contribution in [3.8, 4) is 11.5 Å². The summed E-state index contributed by atoms with van der Waals surface area (Å²) in [5.41, 5.74) is 6.49. The van der Waals surface area contributed by atoms with E-state index in [-0.39, 0.29) is 0 Å². The predicted octanol–water partition coefficient (Wildman–Crippen LogP) is 3.63. The Hall–Kier alpha value is -1.38. The molecule has 0 bridgehead atoms. The van der Waals surface area contributed by atoms with E-state index in [9.17, 15) is 0 Å². The third kappa shape index (κ3) is 3.83.